The van der Waals surface area contributed by atoms with E-state index in [1.54, 1.807) is 13.8 Å². The summed E-state index contributed by atoms with van der Waals surface area (Å²) in [6.07, 6.45) is -0.0526. The molecule has 0 aromatic rings. The van der Waals surface area contributed by atoms with Gasteiger partial charge in [0.2, 0.25) is 0 Å². The van der Waals surface area contributed by atoms with Gasteiger partial charge in [0.1, 0.15) is 6.10 Å². The van der Waals surface area contributed by atoms with Crippen molar-refractivity contribution in [1.82, 2.24) is 0 Å². The van der Waals surface area contributed by atoms with Gasteiger partial charge in [0, 0.05) is 9.52 Å². The van der Waals surface area contributed by atoms with Crippen molar-refractivity contribution < 1.29 is 19.9 Å². The Kier molecular flexibility index (Phi) is 4.32. The third-order valence-electron chi connectivity index (χ3n) is 0.450. The minimum Gasteiger partial charge on any atom is -0.170 e. The van der Waals surface area contributed by atoms with Gasteiger partial charge in [0.05, 0.1) is 0 Å². The molecule has 0 aliphatic heterocycles. The second-order valence-corrected chi connectivity index (χ2v) is 2.59. The molecule has 1 radical (unpaired) electrons. The van der Waals surface area contributed by atoms with Crippen LogP contribution in [0.3, 0.4) is 0 Å². The molecule has 3 N–H and O–H groups in total. The lowest BCUT2D eigenvalue weighted by atomic mass is 10.5. The van der Waals surface area contributed by atoms with Gasteiger partial charge < -0.3 is 0 Å². The number of rotatable bonds is 3. The maximum absolute atomic E-state index is 10.3. The first-order valence-electron chi connectivity index (χ1n) is 2.29. The molecule has 0 amide bonds. The molecule has 0 aromatic heterocycles. The first-order chi connectivity index (χ1) is 3.66. The van der Waals surface area contributed by atoms with Crippen LogP contribution in [0.15, 0.2) is 0 Å². The SMILES string of the molecule is CC(C)O[PH+]([O])O[NH3+]. The molecule has 0 saturated heterocycles. The van der Waals surface area contributed by atoms with Crippen molar-refractivity contribution in [3.63, 3.8) is 0 Å². The average molecular weight is 140 g/mol. The van der Waals surface area contributed by atoms with Crippen molar-refractivity contribution in [1.29, 1.82) is 0 Å². The van der Waals surface area contributed by atoms with Crippen LogP contribution in [0.1, 0.15) is 13.8 Å². The summed E-state index contributed by atoms with van der Waals surface area (Å²) in [6, 6.07) is 0. The van der Waals surface area contributed by atoms with E-state index >= 15 is 0 Å². The van der Waals surface area contributed by atoms with Crippen LogP contribution in [-0.2, 0) is 14.0 Å². The summed E-state index contributed by atoms with van der Waals surface area (Å²) >= 11 is 0. The topological polar surface area (TPSA) is 66.0 Å². The van der Waals surface area contributed by atoms with Crippen molar-refractivity contribution in [2.45, 2.75) is 20.0 Å². The molecule has 1 unspecified atom stereocenters. The lowest BCUT2D eigenvalue weighted by Gasteiger charge is -1.95. The van der Waals surface area contributed by atoms with Gasteiger partial charge in [-0.1, -0.05) is 0 Å². The van der Waals surface area contributed by atoms with Crippen LogP contribution in [0, 0.1) is 0 Å². The van der Waals surface area contributed by atoms with E-state index in [0.717, 1.165) is 0 Å². The predicted molar refractivity (Wildman–Crippen MR) is 29.2 cm³/mol. The van der Waals surface area contributed by atoms with Crippen molar-refractivity contribution in [3.05, 3.63) is 0 Å². The fraction of sp³-hybridized carbons (Fsp3) is 1.00. The zero-order chi connectivity index (χ0) is 6.57. The van der Waals surface area contributed by atoms with E-state index in [-0.39, 0.29) is 6.10 Å². The molecular weight excluding hydrogens is 129 g/mol. The maximum atomic E-state index is 10.3. The third kappa shape index (κ3) is 4.43. The molecule has 49 valence electrons. The molecular formula is C3H11NO3P+2. The van der Waals surface area contributed by atoms with E-state index < -0.39 is 8.60 Å². The Morgan fingerprint density at radius 2 is 2.12 bits per heavy atom. The Labute approximate surface area is 49.5 Å². The fourth-order valence-electron chi connectivity index (χ4n) is 0.226. The highest BCUT2D eigenvalue weighted by atomic mass is 31.2. The van der Waals surface area contributed by atoms with Gasteiger partial charge in [0.15, 0.2) is 0 Å². The molecule has 4 nitrogen and oxygen atoms in total. The highest BCUT2D eigenvalue weighted by Gasteiger charge is 2.20. The Morgan fingerprint density at radius 1 is 1.62 bits per heavy atom. The number of quaternary nitrogens is 1. The van der Waals surface area contributed by atoms with Crippen molar-refractivity contribution in [2.24, 2.45) is 0 Å². The fourth-order valence-corrected chi connectivity index (χ4v) is 0.679. The van der Waals surface area contributed by atoms with Crippen LogP contribution in [0.25, 0.3) is 0 Å². The number of hydrogen-bond acceptors (Lipinski definition) is 2. The van der Waals surface area contributed by atoms with Crippen LogP contribution >= 0.6 is 8.60 Å². The summed E-state index contributed by atoms with van der Waals surface area (Å²) in [6.45, 7) is 3.56. The van der Waals surface area contributed by atoms with Crippen LogP contribution in [0.5, 0.6) is 0 Å². The standard InChI is InChI=1S/C3H11NO3P/c1-3(2)6-8(5)7-4/h3,8H,1-2,4H3/q+2. The van der Waals surface area contributed by atoms with Gasteiger partial charge in [-0.2, -0.15) is 10.4 Å². The van der Waals surface area contributed by atoms with Gasteiger partial charge in [-0.3, -0.25) is 0 Å². The Bertz CT molecular complexity index is 60.5. The molecule has 8 heavy (non-hydrogen) atoms. The summed E-state index contributed by atoms with van der Waals surface area (Å²) < 4.78 is 8.80. The minimum absolute atomic E-state index is 0.0526. The van der Waals surface area contributed by atoms with Gasteiger partial charge in [-0.05, 0) is 13.8 Å². The van der Waals surface area contributed by atoms with Crippen molar-refractivity contribution >= 4 is 8.60 Å². The molecule has 0 aliphatic carbocycles. The minimum atomic E-state index is -2.29. The smallest absolute Gasteiger partial charge is 0.170 e. The molecule has 0 aromatic carbocycles. The molecule has 0 heterocycles. The van der Waals surface area contributed by atoms with Crippen LogP contribution in [0.4, 0.5) is 0 Å². The van der Waals surface area contributed by atoms with Crippen LogP contribution in [-0.4, -0.2) is 6.10 Å². The zero-order valence-electron chi connectivity index (χ0n) is 5.01. The lowest BCUT2D eigenvalue weighted by Crippen LogP contribution is -2.46. The molecule has 0 spiro atoms. The monoisotopic (exact) mass is 140 g/mol. The molecule has 0 bridgehead atoms. The van der Waals surface area contributed by atoms with Crippen molar-refractivity contribution in [2.75, 3.05) is 0 Å². The second-order valence-electron chi connectivity index (χ2n) is 1.56. The lowest BCUT2D eigenvalue weighted by molar-refractivity contribution is -0.641. The van der Waals surface area contributed by atoms with E-state index in [1.807, 2.05) is 0 Å². The predicted octanol–water partition coefficient (Wildman–Crippen LogP) is -0.0254. The Balaban J connectivity index is 3.10. The Morgan fingerprint density at radius 3 is 2.25 bits per heavy atom. The first-order valence-corrected chi connectivity index (χ1v) is 3.52. The summed E-state index contributed by atoms with van der Waals surface area (Å²) in [7, 11) is -2.29. The van der Waals surface area contributed by atoms with Gasteiger partial charge in [-0.25, -0.2) is 0 Å². The van der Waals surface area contributed by atoms with Crippen LogP contribution in [0.2, 0.25) is 0 Å². The van der Waals surface area contributed by atoms with Gasteiger partial charge in [0.25, 0.3) is 0 Å². The Hall–Kier alpha value is 0.270. The summed E-state index contributed by atoms with van der Waals surface area (Å²) in [5.41, 5.74) is 0. The van der Waals surface area contributed by atoms with E-state index in [2.05, 4.69) is 15.0 Å². The first kappa shape index (κ1) is 8.27. The maximum Gasteiger partial charge on any atom is 0.507 e. The molecule has 1 atom stereocenters. The third-order valence-corrected chi connectivity index (χ3v) is 1.35. The van der Waals surface area contributed by atoms with E-state index in [9.17, 15) is 4.89 Å². The van der Waals surface area contributed by atoms with Crippen molar-refractivity contribution in [3.8, 4) is 0 Å². The largest absolute Gasteiger partial charge is 0.507 e. The molecule has 5 heteroatoms. The zero-order valence-corrected chi connectivity index (χ0v) is 6.01. The van der Waals surface area contributed by atoms with Gasteiger partial charge >= 0.3 is 8.60 Å². The molecule has 0 aliphatic rings. The number of hydrogen-bond donors (Lipinski definition) is 1. The summed E-state index contributed by atoms with van der Waals surface area (Å²) in [5.74, 6) is 2.95. The van der Waals surface area contributed by atoms with Crippen LogP contribution < -0.4 is 5.90 Å². The summed E-state index contributed by atoms with van der Waals surface area (Å²) in [4.78, 5) is 10.3. The van der Waals surface area contributed by atoms with E-state index in [1.165, 1.54) is 0 Å². The molecule has 0 fully saturated rings. The highest BCUT2D eigenvalue weighted by Crippen LogP contribution is 2.31. The highest BCUT2D eigenvalue weighted by molar-refractivity contribution is 7.40. The van der Waals surface area contributed by atoms with E-state index in [0.29, 0.717) is 0 Å². The van der Waals surface area contributed by atoms with E-state index in [4.69, 9.17) is 0 Å². The quantitative estimate of drug-likeness (QED) is 0.442. The normalized spacial score (nSPS) is 14.6. The second kappa shape index (κ2) is 4.18. The summed E-state index contributed by atoms with van der Waals surface area (Å²) in [5, 5.41) is 0. The molecule has 0 rings (SSSR count). The molecule has 0 saturated carbocycles. The van der Waals surface area contributed by atoms with Gasteiger partial charge in [-0.15, -0.1) is 0 Å². The average Bonchev–Trinajstić information content (AvgIpc) is 1.65.